The van der Waals surface area contributed by atoms with Gasteiger partial charge in [-0.3, -0.25) is 9.48 Å². The minimum Gasteiger partial charge on any atom is -0.347 e. The van der Waals surface area contributed by atoms with Crippen molar-refractivity contribution in [2.75, 3.05) is 18.0 Å². The van der Waals surface area contributed by atoms with E-state index < -0.39 is 0 Å². The maximum atomic E-state index is 11.2. The van der Waals surface area contributed by atoms with E-state index in [0.717, 1.165) is 18.9 Å². The highest BCUT2D eigenvalue weighted by atomic mass is 16.1. The molecular formula is C14H15N3O. The van der Waals surface area contributed by atoms with Gasteiger partial charge in [0, 0.05) is 25.2 Å². The second-order valence-electron chi connectivity index (χ2n) is 4.57. The summed E-state index contributed by atoms with van der Waals surface area (Å²) in [5, 5.41) is 4.51. The molecule has 1 saturated heterocycles. The molecule has 0 unspecified atom stereocenters. The van der Waals surface area contributed by atoms with E-state index in [9.17, 15) is 4.79 Å². The number of hydrogen-bond acceptors (Lipinski definition) is 3. The van der Waals surface area contributed by atoms with Crippen molar-refractivity contribution in [2.24, 2.45) is 0 Å². The SMILES string of the molecule is O=C1CCN(c2ccn(Cc3ccccc3)n2)C1. The van der Waals surface area contributed by atoms with Crippen LogP contribution in [0, 0.1) is 0 Å². The van der Waals surface area contributed by atoms with Gasteiger partial charge in [-0.05, 0) is 5.56 Å². The lowest BCUT2D eigenvalue weighted by atomic mass is 10.2. The van der Waals surface area contributed by atoms with Gasteiger partial charge < -0.3 is 4.90 Å². The fourth-order valence-electron chi connectivity index (χ4n) is 2.20. The molecule has 1 aromatic heterocycles. The van der Waals surface area contributed by atoms with Crippen LogP contribution in [0.3, 0.4) is 0 Å². The molecule has 4 nitrogen and oxygen atoms in total. The molecule has 0 atom stereocenters. The highest BCUT2D eigenvalue weighted by Gasteiger charge is 2.21. The van der Waals surface area contributed by atoms with Crippen LogP contribution in [0.1, 0.15) is 12.0 Å². The molecule has 2 aromatic rings. The molecule has 0 spiro atoms. The van der Waals surface area contributed by atoms with Crippen molar-refractivity contribution in [1.82, 2.24) is 9.78 Å². The third-order valence-electron chi connectivity index (χ3n) is 3.17. The summed E-state index contributed by atoms with van der Waals surface area (Å²) in [6.07, 6.45) is 2.61. The Morgan fingerprint density at radius 2 is 2.00 bits per heavy atom. The number of aromatic nitrogens is 2. The standard InChI is InChI=1S/C14H15N3O/c18-13-6-8-16(11-13)14-7-9-17(15-14)10-12-4-2-1-3-5-12/h1-5,7,9H,6,8,10-11H2. The predicted molar refractivity (Wildman–Crippen MR) is 69.6 cm³/mol. The Kier molecular flexibility index (Phi) is 2.84. The number of ketones is 1. The van der Waals surface area contributed by atoms with Crippen molar-refractivity contribution in [2.45, 2.75) is 13.0 Å². The van der Waals surface area contributed by atoms with E-state index in [2.05, 4.69) is 17.2 Å². The van der Waals surface area contributed by atoms with Crippen molar-refractivity contribution >= 4 is 11.6 Å². The third kappa shape index (κ3) is 2.27. The zero-order valence-corrected chi connectivity index (χ0v) is 10.1. The monoisotopic (exact) mass is 241 g/mol. The van der Waals surface area contributed by atoms with Crippen LogP contribution in [0.4, 0.5) is 5.82 Å². The van der Waals surface area contributed by atoms with E-state index in [1.807, 2.05) is 40.0 Å². The van der Waals surface area contributed by atoms with Crippen molar-refractivity contribution < 1.29 is 4.79 Å². The molecule has 0 aliphatic carbocycles. The summed E-state index contributed by atoms with van der Waals surface area (Å²) in [7, 11) is 0. The van der Waals surface area contributed by atoms with Crippen molar-refractivity contribution in [3.05, 3.63) is 48.2 Å². The zero-order valence-electron chi connectivity index (χ0n) is 10.1. The number of carbonyl (C=O) groups is 1. The van der Waals surface area contributed by atoms with Crippen LogP contribution in [-0.2, 0) is 11.3 Å². The minimum atomic E-state index is 0.299. The summed E-state index contributed by atoms with van der Waals surface area (Å²) in [6.45, 7) is 2.06. The first kappa shape index (κ1) is 11.0. The van der Waals surface area contributed by atoms with E-state index in [4.69, 9.17) is 0 Å². The molecule has 0 radical (unpaired) electrons. The molecule has 92 valence electrons. The van der Waals surface area contributed by atoms with Crippen LogP contribution >= 0.6 is 0 Å². The summed E-state index contributed by atoms with van der Waals surface area (Å²) >= 11 is 0. The molecule has 0 N–H and O–H groups in total. The molecule has 0 saturated carbocycles. The average molecular weight is 241 g/mol. The summed E-state index contributed by atoms with van der Waals surface area (Å²) < 4.78 is 1.91. The molecule has 0 bridgehead atoms. The summed E-state index contributed by atoms with van der Waals surface area (Å²) in [4.78, 5) is 13.3. The fraction of sp³-hybridized carbons (Fsp3) is 0.286. The third-order valence-corrected chi connectivity index (χ3v) is 3.17. The number of nitrogens with zero attached hydrogens (tertiary/aromatic N) is 3. The van der Waals surface area contributed by atoms with Crippen LogP contribution in [-0.4, -0.2) is 28.7 Å². The van der Waals surface area contributed by atoms with Gasteiger partial charge in [0.25, 0.3) is 0 Å². The van der Waals surface area contributed by atoms with Crippen LogP contribution in [0.2, 0.25) is 0 Å². The van der Waals surface area contributed by atoms with Crippen molar-refractivity contribution in [3.8, 4) is 0 Å². The first-order valence-corrected chi connectivity index (χ1v) is 6.15. The zero-order chi connectivity index (χ0) is 12.4. The summed E-state index contributed by atoms with van der Waals surface area (Å²) in [5.74, 6) is 1.20. The Balaban J connectivity index is 1.72. The Labute approximate surface area is 106 Å². The molecule has 1 aliphatic heterocycles. The van der Waals surface area contributed by atoms with Crippen LogP contribution in [0.25, 0.3) is 0 Å². The van der Waals surface area contributed by atoms with Gasteiger partial charge in [-0.15, -0.1) is 0 Å². The molecular weight excluding hydrogens is 226 g/mol. The normalized spacial score (nSPS) is 15.3. The highest BCUT2D eigenvalue weighted by molar-refractivity contribution is 5.86. The Bertz CT molecular complexity index is 547. The van der Waals surface area contributed by atoms with E-state index in [1.165, 1.54) is 5.56 Å². The number of benzene rings is 1. The molecule has 2 heterocycles. The quantitative estimate of drug-likeness (QED) is 0.821. The Morgan fingerprint density at radius 1 is 1.17 bits per heavy atom. The molecule has 1 aromatic carbocycles. The van der Waals surface area contributed by atoms with Crippen molar-refractivity contribution in [3.63, 3.8) is 0 Å². The van der Waals surface area contributed by atoms with E-state index in [0.29, 0.717) is 18.7 Å². The number of anilines is 1. The predicted octanol–water partition coefficient (Wildman–Crippen LogP) is 1.71. The number of rotatable bonds is 3. The topological polar surface area (TPSA) is 38.1 Å². The first-order chi connectivity index (χ1) is 8.81. The van der Waals surface area contributed by atoms with Crippen LogP contribution < -0.4 is 4.90 Å². The average Bonchev–Trinajstić information content (AvgIpc) is 2.99. The van der Waals surface area contributed by atoms with Gasteiger partial charge in [0.2, 0.25) is 0 Å². The van der Waals surface area contributed by atoms with E-state index >= 15 is 0 Å². The molecule has 18 heavy (non-hydrogen) atoms. The van der Waals surface area contributed by atoms with Gasteiger partial charge in [0.1, 0.15) is 0 Å². The smallest absolute Gasteiger partial charge is 0.153 e. The Morgan fingerprint density at radius 3 is 2.72 bits per heavy atom. The molecule has 3 rings (SSSR count). The van der Waals surface area contributed by atoms with Crippen LogP contribution in [0.15, 0.2) is 42.6 Å². The first-order valence-electron chi connectivity index (χ1n) is 6.15. The van der Waals surface area contributed by atoms with E-state index in [-0.39, 0.29) is 0 Å². The minimum absolute atomic E-state index is 0.299. The summed E-state index contributed by atoms with van der Waals surface area (Å²) in [5.41, 5.74) is 1.23. The van der Waals surface area contributed by atoms with Gasteiger partial charge in [0.05, 0.1) is 13.1 Å². The molecule has 0 amide bonds. The number of Topliss-reactive ketones (excluding diaryl/α,β-unsaturated/α-hetero) is 1. The second kappa shape index (κ2) is 4.64. The van der Waals surface area contributed by atoms with Gasteiger partial charge in [-0.2, -0.15) is 5.10 Å². The lowest BCUT2D eigenvalue weighted by molar-refractivity contribution is -0.116. The lowest BCUT2D eigenvalue weighted by Crippen LogP contribution is -2.20. The van der Waals surface area contributed by atoms with Gasteiger partial charge in [-0.1, -0.05) is 30.3 Å². The molecule has 1 aliphatic rings. The van der Waals surface area contributed by atoms with Gasteiger partial charge in [-0.25, -0.2) is 0 Å². The van der Waals surface area contributed by atoms with E-state index in [1.54, 1.807) is 0 Å². The van der Waals surface area contributed by atoms with Crippen LogP contribution in [0.5, 0.6) is 0 Å². The Hall–Kier alpha value is -2.10. The number of carbonyl (C=O) groups excluding carboxylic acids is 1. The van der Waals surface area contributed by atoms with Gasteiger partial charge in [0.15, 0.2) is 11.6 Å². The molecule has 4 heteroatoms. The van der Waals surface area contributed by atoms with Crippen molar-refractivity contribution in [1.29, 1.82) is 0 Å². The second-order valence-corrected chi connectivity index (χ2v) is 4.57. The largest absolute Gasteiger partial charge is 0.347 e. The van der Waals surface area contributed by atoms with Gasteiger partial charge >= 0.3 is 0 Å². The fourth-order valence-corrected chi connectivity index (χ4v) is 2.20. The maximum absolute atomic E-state index is 11.2. The number of hydrogen-bond donors (Lipinski definition) is 0. The highest BCUT2D eigenvalue weighted by Crippen LogP contribution is 2.16. The maximum Gasteiger partial charge on any atom is 0.153 e. The summed E-state index contributed by atoms with van der Waals surface area (Å²) in [6, 6.07) is 12.2. The molecule has 1 fully saturated rings. The lowest BCUT2D eigenvalue weighted by Gasteiger charge is -2.12.